The van der Waals surface area contributed by atoms with E-state index >= 15 is 0 Å². The first-order chi connectivity index (χ1) is 22.8. The second-order valence-electron chi connectivity index (χ2n) is 11.5. The Morgan fingerprint density at radius 2 is 0.935 bits per heavy atom. The molecule has 9 rings (SSSR count). The van der Waals surface area contributed by atoms with Crippen molar-refractivity contribution in [2.45, 2.75) is 0 Å². The molecule has 0 saturated heterocycles. The lowest BCUT2D eigenvalue weighted by atomic mass is 9.98. The van der Waals surface area contributed by atoms with Gasteiger partial charge in [-0.2, -0.15) is 0 Å². The van der Waals surface area contributed by atoms with Crippen LogP contribution in [-0.4, -0.2) is 14.5 Å². The third-order valence-corrected chi connectivity index (χ3v) is 8.76. The molecule has 3 heterocycles. The lowest BCUT2D eigenvalue weighted by Gasteiger charge is -2.26. The van der Waals surface area contributed by atoms with Crippen LogP contribution in [0.25, 0.3) is 61.5 Å². The van der Waals surface area contributed by atoms with Gasteiger partial charge >= 0.3 is 0 Å². The summed E-state index contributed by atoms with van der Waals surface area (Å²) in [5.41, 5.74) is 12.8. The zero-order valence-corrected chi connectivity index (χ0v) is 25.0. The van der Waals surface area contributed by atoms with Crippen molar-refractivity contribution in [2.75, 3.05) is 4.90 Å². The lowest BCUT2D eigenvalue weighted by Crippen LogP contribution is -2.15. The Hall–Kier alpha value is -6.26. The van der Waals surface area contributed by atoms with E-state index in [1.165, 1.54) is 16.5 Å². The number of aromatic nitrogens is 3. The van der Waals surface area contributed by atoms with E-state index in [2.05, 4.69) is 167 Å². The molecule has 1 aliphatic rings. The Morgan fingerprint density at radius 1 is 0.435 bits per heavy atom. The number of hydrogen-bond donors (Lipinski definition) is 0. The van der Waals surface area contributed by atoms with Gasteiger partial charge in [0, 0.05) is 38.9 Å². The summed E-state index contributed by atoms with van der Waals surface area (Å²) in [5.74, 6) is 0.626. The van der Waals surface area contributed by atoms with Gasteiger partial charge < -0.3 is 4.57 Å². The average molecular weight is 589 g/mol. The number of nitrogens with zero attached hydrogens (tertiary/aromatic N) is 4. The average Bonchev–Trinajstić information content (AvgIpc) is 3.42. The zero-order chi connectivity index (χ0) is 30.5. The van der Waals surface area contributed by atoms with Gasteiger partial charge in [0.1, 0.15) is 0 Å². The fourth-order valence-electron chi connectivity index (χ4n) is 6.76. The van der Waals surface area contributed by atoms with Crippen LogP contribution in [0.4, 0.5) is 17.3 Å². The van der Waals surface area contributed by atoms with Gasteiger partial charge in [-0.15, -0.1) is 0 Å². The van der Waals surface area contributed by atoms with Gasteiger partial charge in [-0.3, -0.25) is 4.90 Å². The summed E-state index contributed by atoms with van der Waals surface area (Å²) in [7, 11) is 0. The molecular formula is C42H28N4. The molecular weight excluding hydrogens is 560 g/mol. The molecule has 0 bridgehead atoms. The molecule has 0 unspecified atom stereocenters. The van der Waals surface area contributed by atoms with Crippen molar-refractivity contribution >= 4 is 28.2 Å². The molecule has 216 valence electrons. The van der Waals surface area contributed by atoms with Crippen molar-refractivity contribution in [1.82, 2.24) is 14.5 Å². The van der Waals surface area contributed by atoms with Gasteiger partial charge in [0.25, 0.3) is 0 Å². The van der Waals surface area contributed by atoms with E-state index in [4.69, 9.17) is 9.97 Å². The van der Waals surface area contributed by atoms with E-state index in [9.17, 15) is 0 Å². The topological polar surface area (TPSA) is 34.0 Å². The summed E-state index contributed by atoms with van der Waals surface area (Å²) in [6, 6.07) is 59.5. The zero-order valence-electron chi connectivity index (χ0n) is 25.0. The first-order valence-electron chi connectivity index (χ1n) is 15.5. The van der Waals surface area contributed by atoms with Crippen LogP contribution in [-0.2, 0) is 0 Å². The minimum atomic E-state index is 0.626. The Bertz CT molecular complexity index is 2300. The van der Waals surface area contributed by atoms with Gasteiger partial charge in [0.05, 0.1) is 34.0 Å². The molecule has 6 aromatic carbocycles. The van der Waals surface area contributed by atoms with E-state index in [1.807, 2.05) is 12.1 Å². The number of hydrogen-bond acceptors (Lipinski definition) is 3. The Kier molecular flexibility index (Phi) is 6.10. The van der Waals surface area contributed by atoms with Gasteiger partial charge in [0.15, 0.2) is 0 Å². The second-order valence-corrected chi connectivity index (χ2v) is 11.5. The van der Waals surface area contributed by atoms with E-state index in [0.717, 1.165) is 56.4 Å². The standard InChI is InChI=1S/C42H28N4/c1-4-16-29(17-5-1)35-28-36(30-18-6-2-7-19-30)44-42(43-35)46-38-26-14-11-23-33(38)40-32-22-10-13-25-37(32)45(31-20-8-3-9-21-31)41(40)34-24-12-15-27-39(34)46/h1-28H. The largest absolute Gasteiger partial charge is 0.309 e. The lowest BCUT2D eigenvalue weighted by molar-refractivity contribution is 1.09. The third-order valence-electron chi connectivity index (χ3n) is 8.76. The number of fused-ring (bicyclic) bond motifs is 7. The molecule has 2 aromatic heterocycles. The molecule has 0 amide bonds. The summed E-state index contributed by atoms with van der Waals surface area (Å²) < 4.78 is 2.40. The van der Waals surface area contributed by atoms with Crippen molar-refractivity contribution in [2.24, 2.45) is 0 Å². The van der Waals surface area contributed by atoms with Crippen molar-refractivity contribution in [3.8, 4) is 50.6 Å². The summed E-state index contributed by atoms with van der Waals surface area (Å²) in [6.07, 6.45) is 0. The van der Waals surface area contributed by atoms with Crippen molar-refractivity contribution < 1.29 is 0 Å². The van der Waals surface area contributed by atoms with Crippen LogP contribution in [0.15, 0.2) is 170 Å². The van der Waals surface area contributed by atoms with Crippen molar-refractivity contribution in [3.05, 3.63) is 170 Å². The highest BCUT2D eigenvalue weighted by Crippen LogP contribution is 2.54. The maximum Gasteiger partial charge on any atom is 0.235 e. The number of rotatable bonds is 4. The smallest absolute Gasteiger partial charge is 0.235 e. The van der Waals surface area contributed by atoms with Crippen LogP contribution < -0.4 is 4.90 Å². The highest BCUT2D eigenvalue weighted by Gasteiger charge is 2.32. The molecule has 8 aromatic rings. The highest BCUT2D eigenvalue weighted by atomic mass is 15.3. The molecule has 46 heavy (non-hydrogen) atoms. The van der Waals surface area contributed by atoms with Crippen LogP contribution in [0.1, 0.15) is 0 Å². The Morgan fingerprint density at radius 3 is 1.59 bits per heavy atom. The Balaban J connectivity index is 1.39. The fraction of sp³-hybridized carbons (Fsp3) is 0. The summed E-state index contributed by atoms with van der Waals surface area (Å²) >= 11 is 0. The molecule has 0 radical (unpaired) electrons. The minimum Gasteiger partial charge on any atom is -0.309 e. The predicted octanol–water partition coefficient (Wildman–Crippen LogP) is 10.9. The van der Waals surface area contributed by atoms with Gasteiger partial charge in [-0.25, -0.2) is 9.97 Å². The van der Waals surface area contributed by atoms with Crippen LogP contribution in [0.3, 0.4) is 0 Å². The van der Waals surface area contributed by atoms with E-state index in [1.54, 1.807) is 0 Å². The van der Waals surface area contributed by atoms with Crippen LogP contribution in [0.5, 0.6) is 0 Å². The van der Waals surface area contributed by atoms with Crippen molar-refractivity contribution in [3.63, 3.8) is 0 Å². The van der Waals surface area contributed by atoms with E-state index < -0.39 is 0 Å². The van der Waals surface area contributed by atoms with E-state index in [-0.39, 0.29) is 0 Å². The SMILES string of the molecule is c1ccc(-c2cc(-c3ccccc3)nc(N3c4ccccc4-c4c(n(-c5ccccc5)c5ccccc45)-c4ccccc43)n2)cc1. The summed E-state index contributed by atoms with van der Waals surface area (Å²) in [6.45, 7) is 0. The molecule has 0 saturated carbocycles. The van der Waals surface area contributed by atoms with Crippen LogP contribution >= 0.6 is 0 Å². The normalized spacial score (nSPS) is 11.9. The molecule has 0 atom stereocenters. The quantitative estimate of drug-likeness (QED) is 0.205. The molecule has 0 fully saturated rings. The third kappa shape index (κ3) is 4.15. The highest BCUT2D eigenvalue weighted by molar-refractivity contribution is 6.12. The monoisotopic (exact) mass is 588 g/mol. The summed E-state index contributed by atoms with van der Waals surface area (Å²) in [4.78, 5) is 12.8. The molecule has 4 nitrogen and oxygen atoms in total. The van der Waals surface area contributed by atoms with Crippen molar-refractivity contribution in [1.29, 1.82) is 0 Å². The van der Waals surface area contributed by atoms with Gasteiger partial charge in [-0.1, -0.05) is 133 Å². The Labute approximate surface area is 267 Å². The molecule has 0 N–H and O–H groups in total. The summed E-state index contributed by atoms with van der Waals surface area (Å²) in [5, 5.41) is 1.20. The first kappa shape index (κ1) is 26.2. The molecule has 0 spiro atoms. The predicted molar refractivity (Wildman–Crippen MR) is 189 cm³/mol. The maximum absolute atomic E-state index is 5.29. The fourth-order valence-corrected chi connectivity index (χ4v) is 6.76. The molecule has 4 heteroatoms. The van der Waals surface area contributed by atoms with Crippen LogP contribution in [0.2, 0.25) is 0 Å². The maximum atomic E-state index is 5.29. The van der Waals surface area contributed by atoms with Gasteiger partial charge in [-0.05, 0) is 36.4 Å². The number of anilines is 3. The number of para-hydroxylation sites is 4. The molecule has 1 aliphatic heterocycles. The number of benzene rings is 6. The second kappa shape index (κ2) is 10.7. The van der Waals surface area contributed by atoms with Gasteiger partial charge in [0.2, 0.25) is 5.95 Å². The first-order valence-corrected chi connectivity index (χ1v) is 15.5. The minimum absolute atomic E-state index is 0.626. The van der Waals surface area contributed by atoms with E-state index in [0.29, 0.717) is 5.95 Å². The van der Waals surface area contributed by atoms with Crippen LogP contribution in [0, 0.1) is 0 Å². The molecule has 0 aliphatic carbocycles.